The Morgan fingerprint density at radius 3 is 2.81 bits per heavy atom. The number of amides is 1. The minimum Gasteiger partial charge on any atom is -0.392 e. The van der Waals surface area contributed by atoms with E-state index in [0.29, 0.717) is 6.54 Å². The van der Waals surface area contributed by atoms with Gasteiger partial charge in [0.25, 0.3) is 0 Å². The van der Waals surface area contributed by atoms with Crippen molar-refractivity contribution in [3.63, 3.8) is 0 Å². The molecule has 1 aromatic rings. The fraction of sp³-hybridized carbons (Fsp3) is 0.636. The minimum absolute atomic E-state index is 0.108. The highest BCUT2D eigenvalue weighted by Crippen LogP contribution is 2.11. The molecule has 0 saturated heterocycles. The molecule has 0 aliphatic heterocycles. The molecule has 0 fully saturated rings. The first-order valence-corrected chi connectivity index (χ1v) is 6.16. The van der Waals surface area contributed by atoms with Crippen molar-refractivity contribution >= 4 is 17.2 Å². The summed E-state index contributed by atoms with van der Waals surface area (Å²) in [5, 5.41) is 13.3. The molecule has 0 aliphatic carbocycles. The third-order valence-corrected chi connectivity index (χ3v) is 3.21. The number of hydrogen-bond donors (Lipinski definition) is 2. The van der Waals surface area contributed by atoms with Crippen molar-refractivity contribution in [2.45, 2.75) is 39.8 Å². The van der Waals surface area contributed by atoms with E-state index < -0.39 is 6.10 Å². The Morgan fingerprint density at radius 1 is 1.62 bits per heavy atom. The maximum atomic E-state index is 11.5. The summed E-state index contributed by atoms with van der Waals surface area (Å²) >= 11 is 1.57. The first-order valence-electron chi connectivity index (χ1n) is 5.35. The molecule has 0 aliphatic rings. The Bertz CT molecular complexity index is 350. The van der Waals surface area contributed by atoms with E-state index in [1.165, 1.54) is 0 Å². The summed E-state index contributed by atoms with van der Waals surface area (Å²) in [6.45, 7) is 6.21. The number of rotatable bonds is 5. The van der Waals surface area contributed by atoms with E-state index in [-0.39, 0.29) is 18.2 Å². The number of aryl methyl sites for hydroxylation is 1. The second-order valence-electron chi connectivity index (χ2n) is 4.14. The van der Waals surface area contributed by atoms with Gasteiger partial charge in [-0.2, -0.15) is 0 Å². The molecule has 1 amide bonds. The lowest BCUT2D eigenvalue weighted by atomic mass is 10.0. The zero-order chi connectivity index (χ0) is 12.1. The highest BCUT2D eigenvalue weighted by molar-refractivity contribution is 7.11. The summed E-state index contributed by atoms with van der Waals surface area (Å²) in [6.07, 6.45) is 1.36. The highest BCUT2D eigenvalue weighted by Gasteiger charge is 2.14. The van der Waals surface area contributed by atoms with E-state index >= 15 is 0 Å². The zero-order valence-electron chi connectivity index (χ0n) is 9.86. The first-order chi connectivity index (χ1) is 7.49. The van der Waals surface area contributed by atoms with E-state index in [1.807, 2.05) is 20.8 Å². The molecular weight excluding hydrogens is 224 g/mol. The molecule has 16 heavy (non-hydrogen) atoms. The number of nitrogens with zero attached hydrogens (tertiary/aromatic N) is 1. The van der Waals surface area contributed by atoms with Gasteiger partial charge in [0, 0.05) is 11.1 Å². The van der Waals surface area contributed by atoms with Gasteiger partial charge < -0.3 is 10.4 Å². The van der Waals surface area contributed by atoms with Crippen molar-refractivity contribution in [2.24, 2.45) is 5.92 Å². The van der Waals surface area contributed by atoms with Crippen LogP contribution >= 0.6 is 11.3 Å². The molecule has 5 heteroatoms. The Balaban J connectivity index is 2.30. The molecule has 0 aromatic carbocycles. The predicted molar refractivity (Wildman–Crippen MR) is 64.2 cm³/mol. The topological polar surface area (TPSA) is 62.2 Å². The lowest BCUT2D eigenvalue weighted by Gasteiger charge is -2.13. The van der Waals surface area contributed by atoms with Crippen molar-refractivity contribution in [3.05, 3.63) is 16.1 Å². The van der Waals surface area contributed by atoms with Crippen LogP contribution in [0.25, 0.3) is 0 Å². The van der Waals surface area contributed by atoms with Gasteiger partial charge in [0.15, 0.2) is 0 Å². The van der Waals surface area contributed by atoms with E-state index in [4.69, 9.17) is 0 Å². The van der Waals surface area contributed by atoms with Crippen LogP contribution in [0, 0.1) is 12.8 Å². The lowest BCUT2D eigenvalue weighted by molar-refractivity contribution is -0.123. The number of nitrogens with one attached hydrogen (secondary N) is 1. The van der Waals surface area contributed by atoms with E-state index in [1.54, 1.807) is 17.5 Å². The number of aromatic nitrogens is 1. The average Bonchev–Trinajstić information content (AvgIpc) is 2.61. The second kappa shape index (κ2) is 5.96. The van der Waals surface area contributed by atoms with Gasteiger partial charge >= 0.3 is 0 Å². The van der Waals surface area contributed by atoms with Crippen LogP contribution in [0.1, 0.15) is 30.2 Å². The van der Waals surface area contributed by atoms with Gasteiger partial charge in [0.05, 0.1) is 24.1 Å². The normalized spacial score (nSPS) is 12.8. The standard InChI is InChI=1S/C11H18N2O2S/c1-7(2)10(14)4-11(15)13-6-9-5-12-8(3)16-9/h5,7,10,14H,4,6H2,1-3H3,(H,13,15). The Labute approximate surface area is 99.7 Å². The fourth-order valence-electron chi connectivity index (χ4n) is 1.17. The molecule has 4 nitrogen and oxygen atoms in total. The van der Waals surface area contributed by atoms with Crippen LogP contribution in [0.2, 0.25) is 0 Å². The van der Waals surface area contributed by atoms with Gasteiger partial charge in [-0.1, -0.05) is 13.8 Å². The van der Waals surface area contributed by atoms with Gasteiger partial charge in [-0.15, -0.1) is 11.3 Å². The summed E-state index contributed by atoms with van der Waals surface area (Å²) in [4.78, 5) is 16.6. The molecule has 1 atom stereocenters. The van der Waals surface area contributed by atoms with Crippen LogP contribution in [0.3, 0.4) is 0 Å². The molecule has 90 valence electrons. The van der Waals surface area contributed by atoms with Crippen molar-refractivity contribution < 1.29 is 9.90 Å². The van der Waals surface area contributed by atoms with Gasteiger partial charge in [0.1, 0.15) is 0 Å². The summed E-state index contributed by atoms with van der Waals surface area (Å²) in [6, 6.07) is 0. The van der Waals surface area contributed by atoms with E-state index in [2.05, 4.69) is 10.3 Å². The number of carbonyl (C=O) groups excluding carboxylic acids is 1. The van der Waals surface area contributed by atoms with Crippen molar-refractivity contribution in [2.75, 3.05) is 0 Å². The molecule has 1 unspecified atom stereocenters. The molecule has 0 radical (unpaired) electrons. The molecule has 1 heterocycles. The van der Waals surface area contributed by atoms with Gasteiger partial charge in [0.2, 0.25) is 5.91 Å². The maximum absolute atomic E-state index is 11.5. The number of hydrogen-bond acceptors (Lipinski definition) is 4. The Hall–Kier alpha value is -0.940. The Morgan fingerprint density at radius 2 is 2.31 bits per heavy atom. The van der Waals surface area contributed by atoms with Crippen LogP contribution in [0.15, 0.2) is 6.20 Å². The predicted octanol–water partition coefficient (Wildman–Crippen LogP) is 1.47. The smallest absolute Gasteiger partial charge is 0.222 e. The summed E-state index contributed by atoms with van der Waals surface area (Å²) in [5.41, 5.74) is 0. The summed E-state index contributed by atoms with van der Waals surface area (Å²) in [7, 11) is 0. The number of carbonyl (C=O) groups is 1. The molecule has 1 rings (SSSR count). The summed E-state index contributed by atoms with van der Waals surface area (Å²) < 4.78 is 0. The largest absolute Gasteiger partial charge is 0.392 e. The Kier molecular flexibility index (Phi) is 4.89. The molecule has 0 bridgehead atoms. The highest BCUT2D eigenvalue weighted by atomic mass is 32.1. The molecule has 2 N–H and O–H groups in total. The molecule has 0 spiro atoms. The lowest BCUT2D eigenvalue weighted by Crippen LogP contribution is -2.28. The average molecular weight is 242 g/mol. The fourth-order valence-corrected chi connectivity index (χ4v) is 1.91. The number of aliphatic hydroxyl groups excluding tert-OH is 1. The number of thiazole rings is 1. The minimum atomic E-state index is -0.566. The molecule has 1 aromatic heterocycles. The van der Waals surface area contributed by atoms with E-state index in [0.717, 1.165) is 9.88 Å². The van der Waals surface area contributed by atoms with Crippen molar-refractivity contribution in [3.8, 4) is 0 Å². The molecule has 0 saturated carbocycles. The van der Waals surface area contributed by atoms with Gasteiger partial charge in [-0.05, 0) is 12.8 Å². The van der Waals surface area contributed by atoms with Crippen LogP contribution in [0.4, 0.5) is 0 Å². The maximum Gasteiger partial charge on any atom is 0.222 e. The van der Waals surface area contributed by atoms with E-state index in [9.17, 15) is 9.90 Å². The summed E-state index contributed by atoms with van der Waals surface area (Å²) in [5.74, 6) is -0.0105. The van der Waals surface area contributed by atoms with Crippen LogP contribution < -0.4 is 5.32 Å². The van der Waals surface area contributed by atoms with Crippen LogP contribution in [0.5, 0.6) is 0 Å². The number of aliphatic hydroxyl groups is 1. The third-order valence-electron chi connectivity index (χ3n) is 2.29. The van der Waals surface area contributed by atoms with Gasteiger partial charge in [-0.25, -0.2) is 4.98 Å². The zero-order valence-corrected chi connectivity index (χ0v) is 10.7. The van der Waals surface area contributed by atoms with Crippen LogP contribution in [-0.4, -0.2) is 22.1 Å². The monoisotopic (exact) mass is 242 g/mol. The first kappa shape index (κ1) is 13.1. The SMILES string of the molecule is Cc1ncc(CNC(=O)CC(O)C(C)C)s1. The second-order valence-corrected chi connectivity index (χ2v) is 5.46. The molecular formula is C11H18N2O2S. The van der Waals surface area contributed by atoms with Crippen molar-refractivity contribution in [1.29, 1.82) is 0 Å². The van der Waals surface area contributed by atoms with Gasteiger partial charge in [-0.3, -0.25) is 4.79 Å². The van der Waals surface area contributed by atoms with Crippen molar-refractivity contribution in [1.82, 2.24) is 10.3 Å². The quantitative estimate of drug-likeness (QED) is 0.822. The third kappa shape index (κ3) is 4.28. The van der Waals surface area contributed by atoms with Crippen LogP contribution in [-0.2, 0) is 11.3 Å².